The molecule has 3 rings (SSSR count). The van der Waals surface area contributed by atoms with Gasteiger partial charge in [-0.15, -0.1) is 0 Å². The number of likely N-dealkylation sites (N-methyl/N-ethyl adjacent to an activating group) is 1. The monoisotopic (exact) mass is 324 g/mol. The molecule has 0 fully saturated rings. The van der Waals surface area contributed by atoms with Crippen molar-refractivity contribution in [1.29, 1.82) is 0 Å². The molecule has 1 aliphatic rings. The number of carbonyl (C=O) groups excluding carboxylic acids is 1. The molecule has 1 amide bonds. The normalized spacial score (nSPS) is 13.8. The number of hydrogen-bond acceptors (Lipinski definition) is 5. The summed E-state index contributed by atoms with van der Waals surface area (Å²) >= 11 is 0. The second kappa shape index (κ2) is 6.29. The zero-order valence-electron chi connectivity index (χ0n) is 13.8. The molecule has 0 saturated heterocycles. The van der Waals surface area contributed by atoms with E-state index in [2.05, 4.69) is 10.1 Å². The van der Waals surface area contributed by atoms with E-state index in [4.69, 9.17) is 0 Å². The first-order chi connectivity index (χ1) is 11.5. The Morgan fingerprint density at radius 2 is 2.17 bits per heavy atom. The van der Waals surface area contributed by atoms with Crippen molar-refractivity contribution in [2.75, 3.05) is 13.6 Å². The number of hydrogen-bond donors (Lipinski definition) is 0. The molecule has 0 spiro atoms. The third-order valence-corrected chi connectivity index (χ3v) is 4.02. The molecule has 124 valence electrons. The molecule has 0 N–H and O–H groups in total. The fourth-order valence-electron chi connectivity index (χ4n) is 2.58. The third kappa shape index (κ3) is 2.81. The van der Waals surface area contributed by atoms with E-state index in [1.807, 2.05) is 26.0 Å². The number of aryl methyl sites for hydroxylation is 1. The van der Waals surface area contributed by atoms with Gasteiger partial charge in [0.15, 0.2) is 5.82 Å². The minimum atomic E-state index is -0.206. The Hall–Kier alpha value is -2.93. The maximum absolute atomic E-state index is 12.8. The van der Waals surface area contributed by atoms with Crippen LogP contribution in [0.3, 0.4) is 0 Å². The minimum absolute atomic E-state index is 0.144. The molecule has 0 aliphatic carbocycles. The number of nitrogens with zero attached hydrogens (tertiary/aromatic N) is 5. The Labute approximate surface area is 140 Å². The molecule has 0 unspecified atom stereocenters. The zero-order valence-corrected chi connectivity index (χ0v) is 13.8. The molecule has 1 aliphatic heterocycles. The standard InChI is InChI=1S/C17H18N5O2/c1-12-6-4-8-18-16(12)22-13(2)15(10-19-22)17(23)20(3)14-7-5-9-21(24)11-14/h4-10H,11H2,1-3H3/q-1. The van der Waals surface area contributed by atoms with Crippen molar-refractivity contribution in [2.45, 2.75) is 13.8 Å². The molecule has 7 nitrogen and oxygen atoms in total. The van der Waals surface area contributed by atoms with E-state index in [0.29, 0.717) is 22.8 Å². The summed E-state index contributed by atoms with van der Waals surface area (Å²) < 4.78 is 1.66. The second-order valence-electron chi connectivity index (χ2n) is 5.64. The summed E-state index contributed by atoms with van der Waals surface area (Å²) in [5, 5.41) is 16.6. The van der Waals surface area contributed by atoms with E-state index in [9.17, 15) is 10.0 Å². The Bertz CT molecular complexity index is 837. The number of allylic oxidation sites excluding steroid dienone is 2. The van der Waals surface area contributed by atoms with Crippen molar-refractivity contribution in [2.24, 2.45) is 0 Å². The molecule has 7 heteroatoms. The average Bonchev–Trinajstić information content (AvgIpc) is 2.95. The highest BCUT2D eigenvalue weighted by Crippen LogP contribution is 2.19. The second-order valence-corrected chi connectivity index (χ2v) is 5.64. The Kier molecular flexibility index (Phi) is 4.18. The maximum atomic E-state index is 12.8. The van der Waals surface area contributed by atoms with Gasteiger partial charge in [0.2, 0.25) is 0 Å². The Morgan fingerprint density at radius 3 is 2.88 bits per heavy atom. The molecule has 0 atom stereocenters. The minimum Gasteiger partial charge on any atom is -0.758 e. The summed E-state index contributed by atoms with van der Waals surface area (Å²) in [5.41, 5.74) is 2.80. The van der Waals surface area contributed by atoms with E-state index in [0.717, 1.165) is 10.6 Å². The van der Waals surface area contributed by atoms with Crippen LogP contribution in [0.25, 0.3) is 5.82 Å². The number of pyridine rings is 1. The molecule has 0 radical (unpaired) electrons. The molecule has 0 aromatic carbocycles. The first kappa shape index (κ1) is 15.9. The molecular formula is C17H18N5O2-. The van der Waals surface area contributed by atoms with Crippen molar-refractivity contribution >= 4 is 5.91 Å². The van der Waals surface area contributed by atoms with Gasteiger partial charge in [0.25, 0.3) is 5.91 Å². The number of hydroxylamine groups is 2. The first-order valence-electron chi connectivity index (χ1n) is 7.55. The van der Waals surface area contributed by atoms with Gasteiger partial charge in [0.05, 0.1) is 17.5 Å². The SMILES string of the molecule is Cc1cccnc1-n1ncc(C(=O)N(C)C2=CC=CN([O-])C2)c1C. The van der Waals surface area contributed by atoms with Crippen molar-refractivity contribution in [1.82, 2.24) is 24.7 Å². The van der Waals surface area contributed by atoms with E-state index < -0.39 is 0 Å². The predicted octanol–water partition coefficient (Wildman–Crippen LogP) is 2.17. The van der Waals surface area contributed by atoms with Gasteiger partial charge < -0.3 is 15.2 Å². The Balaban J connectivity index is 1.91. The topological polar surface area (TPSA) is 77.3 Å². The molecular weight excluding hydrogens is 306 g/mol. The van der Waals surface area contributed by atoms with Crippen LogP contribution in [0.4, 0.5) is 0 Å². The lowest BCUT2D eigenvalue weighted by Gasteiger charge is -2.33. The third-order valence-electron chi connectivity index (χ3n) is 4.02. The lowest BCUT2D eigenvalue weighted by molar-refractivity contribution is 0.0829. The lowest BCUT2D eigenvalue weighted by Crippen LogP contribution is -2.32. The quantitative estimate of drug-likeness (QED) is 0.864. The van der Waals surface area contributed by atoms with Crippen LogP contribution in [0.2, 0.25) is 0 Å². The highest BCUT2D eigenvalue weighted by Gasteiger charge is 2.22. The van der Waals surface area contributed by atoms with Crippen LogP contribution in [0.5, 0.6) is 0 Å². The van der Waals surface area contributed by atoms with Crippen LogP contribution in [0, 0.1) is 19.1 Å². The van der Waals surface area contributed by atoms with Gasteiger partial charge in [-0.25, -0.2) is 9.67 Å². The van der Waals surface area contributed by atoms with Crippen molar-refractivity contribution in [3.05, 3.63) is 70.6 Å². The number of amides is 1. The average molecular weight is 324 g/mol. The summed E-state index contributed by atoms with van der Waals surface area (Å²) in [6.07, 6.45) is 8.04. The smallest absolute Gasteiger partial charge is 0.261 e. The number of aromatic nitrogens is 3. The van der Waals surface area contributed by atoms with Crippen LogP contribution in [-0.2, 0) is 0 Å². The van der Waals surface area contributed by atoms with Crippen LogP contribution >= 0.6 is 0 Å². The number of carbonyl (C=O) groups is 1. The number of rotatable bonds is 3. The molecule has 0 bridgehead atoms. The summed E-state index contributed by atoms with van der Waals surface area (Å²) in [6, 6.07) is 3.80. The van der Waals surface area contributed by atoms with E-state index in [1.54, 1.807) is 30.1 Å². The zero-order chi connectivity index (χ0) is 17.3. The van der Waals surface area contributed by atoms with E-state index in [-0.39, 0.29) is 12.5 Å². The van der Waals surface area contributed by atoms with Crippen LogP contribution in [-0.4, -0.2) is 44.2 Å². The summed E-state index contributed by atoms with van der Waals surface area (Å²) in [7, 11) is 1.66. The summed E-state index contributed by atoms with van der Waals surface area (Å²) in [4.78, 5) is 18.6. The Morgan fingerprint density at radius 1 is 1.38 bits per heavy atom. The maximum Gasteiger partial charge on any atom is 0.261 e. The van der Waals surface area contributed by atoms with Gasteiger partial charge in [-0.05, 0) is 43.8 Å². The largest absolute Gasteiger partial charge is 0.758 e. The first-order valence-corrected chi connectivity index (χ1v) is 7.55. The van der Waals surface area contributed by atoms with Crippen molar-refractivity contribution in [3.8, 4) is 5.82 Å². The molecule has 0 saturated carbocycles. The lowest BCUT2D eigenvalue weighted by atomic mass is 10.2. The fraction of sp³-hybridized carbons (Fsp3) is 0.235. The molecule has 2 aromatic heterocycles. The molecule has 2 aromatic rings. The van der Waals surface area contributed by atoms with Crippen molar-refractivity contribution < 1.29 is 4.79 Å². The van der Waals surface area contributed by atoms with Gasteiger partial charge >= 0.3 is 0 Å². The van der Waals surface area contributed by atoms with Crippen LogP contribution in [0.1, 0.15) is 21.6 Å². The van der Waals surface area contributed by atoms with E-state index in [1.165, 1.54) is 17.3 Å². The highest BCUT2D eigenvalue weighted by atomic mass is 16.5. The van der Waals surface area contributed by atoms with Crippen molar-refractivity contribution in [3.63, 3.8) is 0 Å². The van der Waals surface area contributed by atoms with Gasteiger partial charge in [0, 0.05) is 25.5 Å². The summed E-state index contributed by atoms with van der Waals surface area (Å²) in [6.45, 7) is 3.92. The molecule has 24 heavy (non-hydrogen) atoms. The van der Waals surface area contributed by atoms with E-state index >= 15 is 0 Å². The van der Waals surface area contributed by atoms with Gasteiger partial charge in [-0.2, -0.15) is 5.10 Å². The fourth-order valence-corrected chi connectivity index (χ4v) is 2.58. The van der Waals surface area contributed by atoms with Crippen LogP contribution < -0.4 is 0 Å². The van der Waals surface area contributed by atoms with Crippen LogP contribution in [0.15, 0.2) is 48.6 Å². The van der Waals surface area contributed by atoms with Gasteiger partial charge in [-0.3, -0.25) is 4.79 Å². The summed E-state index contributed by atoms with van der Waals surface area (Å²) in [5.74, 6) is 0.490. The van der Waals surface area contributed by atoms with Gasteiger partial charge in [-0.1, -0.05) is 6.07 Å². The predicted molar refractivity (Wildman–Crippen MR) is 90.2 cm³/mol. The molecule has 3 heterocycles. The highest BCUT2D eigenvalue weighted by molar-refractivity contribution is 5.96. The van der Waals surface area contributed by atoms with Gasteiger partial charge in [0.1, 0.15) is 0 Å².